The second-order valence-corrected chi connectivity index (χ2v) is 6.41. The molecule has 1 N–H and O–H groups in total. The lowest BCUT2D eigenvalue weighted by Gasteiger charge is -2.35. The number of ether oxygens (including phenoxy) is 1. The standard InChI is InChI=1S/C16H23N5O2/c1-10(2)21-15-13(6-18-21)5-14(7-17-15)19-16(22)20-8-11(3)23-12(4)9-20/h5-7,10-12H,8-9H2,1-4H3,(H,19,22)/t11-,12-/m1/s1. The fourth-order valence-electron chi connectivity index (χ4n) is 2.93. The summed E-state index contributed by atoms with van der Waals surface area (Å²) in [4.78, 5) is 18.6. The number of nitrogens with zero attached hydrogens (tertiary/aromatic N) is 4. The Morgan fingerprint density at radius 3 is 2.65 bits per heavy atom. The lowest BCUT2D eigenvalue weighted by atomic mass is 10.2. The van der Waals surface area contributed by atoms with Crippen molar-refractivity contribution in [2.45, 2.75) is 45.9 Å². The molecule has 3 heterocycles. The minimum absolute atomic E-state index is 0.0504. The fraction of sp³-hybridized carbons (Fsp3) is 0.562. The lowest BCUT2D eigenvalue weighted by molar-refractivity contribution is -0.0530. The third-order valence-corrected chi connectivity index (χ3v) is 3.88. The van der Waals surface area contributed by atoms with Crippen molar-refractivity contribution in [3.63, 3.8) is 0 Å². The monoisotopic (exact) mass is 317 g/mol. The average Bonchev–Trinajstić information content (AvgIpc) is 2.89. The minimum atomic E-state index is -0.121. The number of carbonyl (C=O) groups is 1. The SMILES string of the molecule is CC(C)n1ncc2cc(NC(=O)N3C[C@@H](C)O[C@H](C)C3)cnc21. The summed E-state index contributed by atoms with van der Waals surface area (Å²) in [5.74, 6) is 0. The molecule has 3 rings (SSSR count). The molecule has 2 aromatic heterocycles. The van der Waals surface area contributed by atoms with Gasteiger partial charge in [0.2, 0.25) is 0 Å². The van der Waals surface area contributed by atoms with Gasteiger partial charge in [-0.2, -0.15) is 5.10 Å². The van der Waals surface area contributed by atoms with Crippen molar-refractivity contribution < 1.29 is 9.53 Å². The Morgan fingerprint density at radius 2 is 2.00 bits per heavy atom. The summed E-state index contributed by atoms with van der Waals surface area (Å²) in [5, 5.41) is 8.17. The molecule has 2 atom stereocenters. The maximum atomic E-state index is 12.4. The first kappa shape index (κ1) is 15.7. The van der Waals surface area contributed by atoms with Gasteiger partial charge >= 0.3 is 6.03 Å². The van der Waals surface area contributed by atoms with Crippen molar-refractivity contribution in [3.05, 3.63) is 18.5 Å². The van der Waals surface area contributed by atoms with Gasteiger partial charge in [-0.05, 0) is 33.8 Å². The number of pyridine rings is 1. The summed E-state index contributed by atoms with van der Waals surface area (Å²) in [6, 6.07) is 2.03. The zero-order valence-corrected chi connectivity index (χ0v) is 14.0. The molecule has 124 valence electrons. The zero-order chi connectivity index (χ0) is 16.6. The highest BCUT2D eigenvalue weighted by molar-refractivity contribution is 5.91. The summed E-state index contributed by atoms with van der Waals surface area (Å²) >= 11 is 0. The Hall–Kier alpha value is -2.15. The number of anilines is 1. The molecule has 1 fully saturated rings. The smallest absolute Gasteiger partial charge is 0.322 e. The van der Waals surface area contributed by atoms with E-state index < -0.39 is 0 Å². The second-order valence-electron chi connectivity index (χ2n) is 6.41. The van der Waals surface area contributed by atoms with Gasteiger partial charge in [0.1, 0.15) is 0 Å². The van der Waals surface area contributed by atoms with Crippen molar-refractivity contribution in [2.24, 2.45) is 0 Å². The molecule has 2 aromatic rings. The predicted octanol–water partition coefficient (Wildman–Crippen LogP) is 2.65. The van der Waals surface area contributed by atoms with Crippen molar-refractivity contribution in [3.8, 4) is 0 Å². The van der Waals surface area contributed by atoms with E-state index in [-0.39, 0.29) is 24.3 Å². The van der Waals surface area contributed by atoms with E-state index in [0.717, 1.165) is 11.0 Å². The Kier molecular flexibility index (Phi) is 4.21. The third-order valence-electron chi connectivity index (χ3n) is 3.88. The largest absolute Gasteiger partial charge is 0.372 e. The van der Waals surface area contributed by atoms with Gasteiger partial charge in [0.15, 0.2) is 5.65 Å². The summed E-state index contributed by atoms with van der Waals surface area (Å²) in [6.07, 6.45) is 3.55. The van der Waals surface area contributed by atoms with Crippen LogP contribution in [0.4, 0.5) is 10.5 Å². The van der Waals surface area contributed by atoms with Gasteiger partial charge in [-0.3, -0.25) is 0 Å². The van der Waals surface area contributed by atoms with Crippen molar-refractivity contribution in [1.82, 2.24) is 19.7 Å². The summed E-state index contributed by atoms with van der Waals surface area (Å²) in [7, 11) is 0. The van der Waals surface area contributed by atoms with Gasteiger partial charge in [0, 0.05) is 24.5 Å². The summed E-state index contributed by atoms with van der Waals surface area (Å²) in [5.41, 5.74) is 1.50. The number of urea groups is 1. The highest BCUT2D eigenvalue weighted by atomic mass is 16.5. The van der Waals surface area contributed by atoms with Crippen LogP contribution in [0.5, 0.6) is 0 Å². The first-order chi connectivity index (χ1) is 10.9. The molecule has 0 unspecified atom stereocenters. The van der Waals surface area contributed by atoms with Gasteiger partial charge in [0.05, 0.1) is 30.3 Å². The first-order valence-corrected chi connectivity index (χ1v) is 7.98. The van der Waals surface area contributed by atoms with E-state index in [2.05, 4.69) is 29.2 Å². The van der Waals surface area contributed by atoms with Crippen LogP contribution in [0.15, 0.2) is 18.5 Å². The quantitative estimate of drug-likeness (QED) is 0.924. The van der Waals surface area contributed by atoms with Crippen LogP contribution in [0.25, 0.3) is 11.0 Å². The third kappa shape index (κ3) is 3.29. The molecule has 7 heteroatoms. The van der Waals surface area contributed by atoms with Crippen LogP contribution in [-0.2, 0) is 4.74 Å². The molecule has 1 aliphatic heterocycles. The van der Waals surface area contributed by atoms with E-state index in [9.17, 15) is 4.79 Å². The highest BCUT2D eigenvalue weighted by Gasteiger charge is 2.26. The molecule has 1 saturated heterocycles. The van der Waals surface area contributed by atoms with Crippen molar-refractivity contribution in [2.75, 3.05) is 18.4 Å². The van der Waals surface area contributed by atoms with E-state index in [1.54, 1.807) is 17.3 Å². The van der Waals surface area contributed by atoms with Crippen LogP contribution in [0.2, 0.25) is 0 Å². The van der Waals surface area contributed by atoms with Crippen LogP contribution in [0.1, 0.15) is 33.7 Å². The normalized spacial score (nSPS) is 21.9. The predicted molar refractivity (Wildman–Crippen MR) is 88.5 cm³/mol. The van der Waals surface area contributed by atoms with Crippen LogP contribution < -0.4 is 5.32 Å². The van der Waals surface area contributed by atoms with Gasteiger partial charge in [-0.15, -0.1) is 0 Å². The first-order valence-electron chi connectivity index (χ1n) is 7.98. The molecular weight excluding hydrogens is 294 g/mol. The van der Waals surface area contributed by atoms with Crippen molar-refractivity contribution in [1.29, 1.82) is 0 Å². The molecule has 0 saturated carbocycles. The van der Waals surface area contributed by atoms with E-state index >= 15 is 0 Å². The number of rotatable bonds is 2. The Labute approximate surface area is 135 Å². The Bertz CT molecular complexity index is 702. The number of carbonyl (C=O) groups excluding carboxylic acids is 1. The highest BCUT2D eigenvalue weighted by Crippen LogP contribution is 2.20. The zero-order valence-electron chi connectivity index (χ0n) is 14.0. The number of hydrogen-bond acceptors (Lipinski definition) is 4. The molecule has 1 aliphatic rings. The van der Waals surface area contributed by atoms with E-state index in [1.165, 1.54) is 0 Å². The van der Waals surface area contributed by atoms with Crippen LogP contribution in [0, 0.1) is 0 Å². The maximum absolute atomic E-state index is 12.4. The molecule has 0 radical (unpaired) electrons. The van der Waals surface area contributed by atoms with Crippen molar-refractivity contribution >= 4 is 22.8 Å². The number of amides is 2. The topological polar surface area (TPSA) is 72.3 Å². The summed E-state index contributed by atoms with van der Waals surface area (Å²) in [6.45, 7) is 9.26. The molecule has 7 nitrogen and oxygen atoms in total. The van der Waals surface area contributed by atoms with Crippen LogP contribution >= 0.6 is 0 Å². The minimum Gasteiger partial charge on any atom is -0.372 e. The van der Waals surface area contributed by atoms with E-state index in [1.807, 2.05) is 24.6 Å². The summed E-state index contributed by atoms with van der Waals surface area (Å²) < 4.78 is 7.52. The van der Waals surface area contributed by atoms with Gasteiger partial charge in [-0.25, -0.2) is 14.5 Å². The molecule has 0 aliphatic carbocycles. The lowest BCUT2D eigenvalue weighted by Crippen LogP contribution is -2.49. The molecule has 0 bridgehead atoms. The molecule has 0 spiro atoms. The number of hydrogen-bond donors (Lipinski definition) is 1. The average molecular weight is 317 g/mol. The molecule has 2 amide bonds. The Morgan fingerprint density at radius 1 is 1.30 bits per heavy atom. The van der Waals surface area contributed by atoms with E-state index in [0.29, 0.717) is 18.8 Å². The second kappa shape index (κ2) is 6.16. The molecular formula is C16H23N5O2. The fourth-order valence-corrected chi connectivity index (χ4v) is 2.93. The number of fused-ring (bicyclic) bond motifs is 1. The van der Waals surface area contributed by atoms with Gasteiger partial charge in [0.25, 0.3) is 0 Å². The number of morpholine rings is 1. The van der Waals surface area contributed by atoms with E-state index in [4.69, 9.17) is 4.74 Å². The Balaban J connectivity index is 1.75. The maximum Gasteiger partial charge on any atom is 0.322 e. The number of aromatic nitrogens is 3. The molecule has 23 heavy (non-hydrogen) atoms. The van der Waals surface area contributed by atoms with Crippen LogP contribution in [0.3, 0.4) is 0 Å². The molecule has 0 aromatic carbocycles. The number of nitrogens with one attached hydrogen (secondary N) is 1. The van der Waals surface area contributed by atoms with Crippen LogP contribution in [-0.4, -0.2) is 51.0 Å². The van der Waals surface area contributed by atoms with Gasteiger partial charge < -0.3 is 15.0 Å². The van der Waals surface area contributed by atoms with Gasteiger partial charge in [-0.1, -0.05) is 0 Å².